The van der Waals surface area contributed by atoms with Crippen molar-refractivity contribution in [3.05, 3.63) is 18.2 Å². The van der Waals surface area contributed by atoms with E-state index in [1.54, 1.807) is 13.8 Å². The third-order valence-corrected chi connectivity index (χ3v) is 6.43. The van der Waals surface area contributed by atoms with Crippen molar-refractivity contribution in [1.29, 1.82) is 0 Å². The van der Waals surface area contributed by atoms with Crippen LogP contribution in [0.2, 0.25) is 0 Å². The van der Waals surface area contributed by atoms with Gasteiger partial charge in [-0.2, -0.15) is 0 Å². The Morgan fingerprint density at radius 1 is 0.930 bits per heavy atom. The molecule has 0 aliphatic heterocycles. The lowest BCUT2D eigenvalue weighted by Crippen LogP contribution is -2.60. The third-order valence-electron chi connectivity index (χ3n) is 6.43. The molecule has 0 aromatic carbocycles. The summed E-state index contributed by atoms with van der Waals surface area (Å²) in [5.41, 5.74) is 11.3. The van der Waals surface area contributed by atoms with Crippen molar-refractivity contribution in [2.24, 2.45) is 22.4 Å². The van der Waals surface area contributed by atoms with Gasteiger partial charge in [-0.05, 0) is 39.5 Å². The van der Waals surface area contributed by atoms with Gasteiger partial charge >= 0.3 is 0 Å². The molecule has 0 bridgehead atoms. The van der Waals surface area contributed by atoms with E-state index >= 15 is 0 Å². The highest BCUT2D eigenvalue weighted by Crippen LogP contribution is 2.09. The number of imidazole rings is 1. The number of amides is 5. The summed E-state index contributed by atoms with van der Waals surface area (Å²) in [5.74, 6) is -5.89. The molecule has 0 saturated heterocycles. The van der Waals surface area contributed by atoms with Crippen LogP contribution in [0.5, 0.6) is 0 Å². The highest BCUT2D eigenvalue weighted by atomic mass is 16.5. The number of guanidine groups is 1. The van der Waals surface area contributed by atoms with Crippen molar-refractivity contribution in [1.82, 2.24) is 36.6 Å². The molecule has 5 amide bonds. The van der Waals surface area contributed by atoms with Gasteiger partial charge in [0.05, 0.1) is 12.4 Å². The van der Waals surface area contributed by atoms with E-state index in [4.69, 9.17) is 11.5 Å². The Morgan fingerprint density at radius 2 is 1.53 bits per heavy atom. The molecule has 0 spiro atoms. The van der Waals surface area contributed by atoms with Crippen molar-refractivity contribution in [3.63, 3.8) is 0 Å². The summed E-state index contributed by atoms with van der Waals surface area (Å²) in [6, 6.07) is -5.44. The summed E-state index contributed by atoms with van der Waals surface area (Å²) in [6.07, 6.45) is 3.17. The van der Waals surface area contributed by atoms with Crippen molar-refractivity contribution in [2.75, 3.05) is 6.54 Å². The topological polar surface area (TPSA) is 279 Å². The molecule has 0 aliphatic rings. The minimum Gasteiger partial charge on any atom is -0.370 e. The van der Waals surface area contributed by atoms with Gasteiger partial charge in [-0.15, -0.1) is 0 Å². The molecule has 1 rings (SSSR count). The Morgan fingerprint density at radius 3 is 2.05 bits per heavy atom. The Hall–Kier alpha value is -4.25. The van der Waals surface area contributed by atoms with Gasteiger partial charge in [0.15, 0.2) is 11.7 Å². The van der Waals surface area contributed by atoms with Gasteiger partial charge in [0, 0.05) is 31.8 Å². The van der Waals surface area contributed by atoms with Crippen LogP contribution in [0.25, 0.3) is 0 Å². The summed E-state index contributed by atoms with van der Waals surface area (Å²) in [7, 11) is 0. The molecule has 0 saturated carbocycles. The van der Waals surface area contributed by atoms with Crippen LogP contribution in [-0.2, 0) is 30.4 Å². The van der Waals surface area contributed by atoms with Crippen molar-refractivity contribution >= 4 is 35.5 Å². The Kier molecular flexibility index (Phi) is 14.5. The van der Waals surface area contributed by atoms with Crippen molar-refractivity contribution in [3.8, 4) is 0 Å². The van der Waals surface area contributed by atoms with E-state index in [2.05, 4.69) is 41.5 Å². The number of rotatable bonds is 17. The number of aromatic amines is 1. The van der Waals surface area contributed by atoms with E-state index in [1.807, 2.05) is 0 Å². The molecule has 0 radical (unpaired) electrons. The highest BCUT2D eigenvalue weighted by molar-refractivity contribution is 5.95. The fraction of sp³-hybridized carbons (Fsp3) is 0.654. The third kappa shape index (κ3) is 13.5. The zero-order valence-corrected chi connectivity index (χ0v) is 25.4. The fourth-order valence-electron chi connectivity index (χ4n) is 3.77. The Labute approximate surface area is 250 Å². The zero-order valence-electron chi connectivity index (χ0n) is 25.4. The lowest BCUT2D eigenvalue weighted by Gasteiger charge is -2.29. The van der Waals surface area contributed by atoms with Gasteiger partial charge in [-0.25, -0.2) is 4.98 Å². The van der Waals surface area contributed by atoms with Crippen molar-refractivity contribution in [2.45, 2.75) is 96.8 Å². The monoisotopic (exact) mass is 610 g/mol. The molecule has 1 aromatic heterocycles. The normalized spacial score (nSPS) is 14.8. The number of nitrogens with two attached hydrogens (primary N) is 2. The number of aromatic nitrogens is 2. The molecular weight excluding hydrogens is 564 g/mol. The van der Waals surface area contributed by atoms with Crippen LogP contribution in [0, 0.1) is 5.92 Å². The number of carbonyl (C=O) groups is 5. The first kappa shape index (κ1) is 36.8. The average Bonchev–Trinajstić information content (AvgIpc) is 3.40. The molecule has 17 nitrogen and oxygen atoms in total. The van der Waals surface area contributed by atoms with E-state index in [0.717, 1.165) is 6.92 Å². The van der Waals surface area contributed by atoms with Gasteiger partial charge in [0.2, 0.25) is 29.5 Å². The van der Waals surface area contributed by atoms with Gasteiger partial charge in [-0.3, -0.25) is 29.0 Å². The molecule has 0 unspecified atom stereocenters. The summed E-state index contributed by atoms with van der Waals surface area (Å²) in [6.45, 7) is 8.76. The molecule has 43 heavy (non-hydrogen) atoms. The summed E-state index contributed by atoms with van der Waals surface area (Å²) >= 11 is 0. The lowest BCUT2D eigenvalue weighted by atomic mass is 10.0. The maximum Gasteiger partial charge on any atom is 0.243 e. The number of carbonyl (C=O) groups excluding carboxylic acids is 5. The number of nitrogens with zero attached hydrogens (tertiary/aromatic N) is 2. The predicted molar refractivity (Wildman–Crippen MR) is 157 cm³/mol. The molecule has 0 fully saturated rings. The SMILES string of the molecule is CC(=O)N[C@@H](C)C(=O)N[C@H](C(=O)N[C@@H](CCCN=C(N)N)C(=O)N[C@@H](Cc1cnc[nH]1)C(=O)N[C@@H](C)C(C)(O)O)C(C)C. The number of H-pyrrole nitrogens is 1. The second-order valence-corrected chi connectivity index (χ2v) is 10.8. The highest BCUT2D eigenvalue weighted by Gasteiger charge is 2.33. The summed E-state index contributed by atoms with van der Waals surface area (Å²) in [5, 5.41) is 32.5. The minimum absolute atomic E-state index is 0.0295. The first-order chi connectivity index (χ1) is 19.9. The molecule has 1 heterocycles. The smallest absolute Gasteiger partial charge is 0.243 e. The maximum absolute atomic E-state index is 13.5. The van der Waals surface area contributed by atoms with E-state index in [-0.39, 0.29) is 31.8 Å². The van der Waals surface area contributed by atoms with Crippen molar-refractivity contribution < 1.29 is 34.2 Å². The van der Waals surface area contributed by atoms with E-state index < -0.39 is 71.5 Å². The number of nitrogens with one attached hydrogen (secondary N) is 6. The second kappa shape index (κ2) is 17.0. The standard InChI is InChI=1S/C26H46N10O7/c1-13(2)20(36-21(38)14(3)32-16(5)37)24(41)34-18(8-7-9-30-25(27)28)22(39)35-19(10-17-11-29-12-31-17)23(40)33-15(4)26(6,42)43/h11-15,18-20,42-43H,7-10H2,1-6H3,(H,29,31)(H,32,37)(H,33,40)(H,34,41)(H,35,39)(H,36,38)(H4,27,28,30)/t14-,15-,18-,19-,20-/m0/s1. The van der Waals surface area contributed by atoms with Crippen LogP contribution in [-0.4, -0.2) is 98.2 Å². The largest absolute Gasteiger partial charge is 0.370 e. The zero-order chi connectivity index (χ0) is 32.9. The number of hydrogen-bond donors (Lipinski definition) is 10. The number of aliphatic hydroxyl groups is 2. The molecule has 1 aromatic rings. The number of hydrogen-bond acceptors (Lipinski definition) is 9. The molecule has 12 N–H and O–H groups in total. The summed E-state index contributed by atoms with van der Waals surface area (Å²) in [4.78, 5) is 74.6. The first-order valence-electron chi connectivity index (χ1n) is 13.9. The van der Waals surface area contributed by atoms with Crippen LogP contribution in [0.1, 0.15) is 60.1 Å². The average molecular weight is 611 g/mol. The van der Waals surface area contributed by atoms with Gasteiger partial charge < -0.3 is 53.2 Å². The van der Waals surface area contributed by atoms with E-state index in [0.29, 0.717) is 5.69 Å². The maximum atomic E-state index is 13.5. The van der Waals surface area contributed by atoms with Crippen LogP contribution >= 0.6 is 0 Å². The van der Waals surface area contributed by atoms with E-state index in [9.17, 15) is 34.2 Å². The van der Waals surface area contributed by atoms with Gasteiger partial charge in [-0.1, -0.05) is 13.8 Å². The fourth-order valence-corrected chi connectivity index (χ4v) is 3.77. The van der Waals surface area contributed by atoms with Gasteiger partial charge in [0.1, 0.15) is 24.2 Å². The van der Waals surface area contributed by atoms with Crippen LogP contribution in [0.15, 0.2) is 17.5 Å². The molecule has 17 heteroatoms. The second-order valence-electron chi connectivity index (χ2n) is 10.8. The van der Waals surface area contributed by atoms with Crippen LogP contribution in [0.4, 0.5) is 0 Å². The summed E-state index contributed by atoms with van der Waals surface area (Å²) < 4.78 is 0. The quantitative estimate of drug-likeness (QED) is 0.0366. The van der Waals surface area contributed by atoms with E-state index in [1.165, 1.54) is 33.3 Å². The predicted octanol–water partition coefficient (Wildman–Crippen LogP) is -3.15. The lowest BCUT2D eigenvalue weighted by molar-refractivity contribution is -0.168. The molecule has 242 valence electrons. The van der Waals surface area contributed by atoms with Gasteiger partial charge in [0.25, 0.3) is 0 Å². The first-order valence-corrected chi connectivity index (χ1v) is 13.9. The molecule has 0 aliphatic carbocycles. The van der Waals surface area contributed by atoms with Crippen LogP contribution in [0.3, 0.4) is 0 Å². The van der Waals surface area contributed by atoms with Crippen LogP contribution < -0.4 is 38.1 Å². The Bertz CT molecular complexity index is 1110. The molecular formula is C26H46N10O7. The molecule has 5 atom stereocenters. The minimum atomic E-state index is -2.23. The number of aliphatic imine (C=N–C) groups is 1. The Balaban J connectivity index is 3.20.